The minimum Gasteiger partial charge on any atom is -0.338 e. The normalized spacial score (nSPS) is 16.3. The highest BCUT2D eigenvalue weighted by molar-refractivity contribution is 5.80. The van der Waals surface area contributed by atoms with Gasteiger partial charge in [0, 0.05) is 32.7 Å². The average molecular weight is 371 g/mol. The van der Waals surface area contributed by atoms with E-state index in [1.165, 1.54) is 22.0 Å². The van der Waals surface area contributed by atoms with Crippen molar-refractivity contribution in [3.05, 3.63) is 57.4 Å². The van der Waals surface area contributed by atoms with Crippen LogP contribution in [0.25, 0.3) is 0 Å². The maximum atomic E-state index is 12.8. The zero-order valence-corrected chi connectivity index (χ0v) is 16.0. The summed E-state index contributed by atoms with van der Waals surface area (Å²) in [5.74, 6) is -0.0494. The molecule has 1 aliphatic rings. The topological polar surface area (TPSA) is 84.5 Å². The Labute approximate surface area is 158 Å². The third-order valence-electron chi connectivity index (χ3n) is 5.28. The maximum Gasteiger partial charge on any atom is 0.309 e. The molecular weight excluding hydrogens is 346 g/mol. The molecule has 0 saturated carbocycles. The Hall–Kier alpha value is -2.74. The summed E-state index contributed by atoms with van der Waals surface area (Å²) in [5, 5.41) is 15.0. The number of benzene rings is 1. The van der Waals surface area contributed by atoms with E-state index in [-0.39, 0.29) is 11.6 Å². The predicted octanol–water partition coefficient (Wildman–Crippen LogP) is 2.31. The zero-order valence-electron chi connectivity index (χ0n) is 16.0. The lowest BCUT2D eigenvalue weighted by molar-refractivity contribution is -0.385. The fourth-order valence-electron chi connectivity index (χ4n) is 3.51. The van der Waals surface area contributed by atoms with Gasteiger partial charge in [0.05, 0.1) is 4.92 Å². The van der Waals surface area contributed by atoms with Crippen molar-refractivity contribution in [3.63, 3.8) is 0 Å². The number of piperazine rings is 1. The molecule has 8 heteroatoms. The number of amides is 1. The smallest absolute Gasteiger partial charge is 0.309 e. The van der Waals surface area contributed by atoms with Crippen LogP contribution >= 0.6 is 0 Å². The van der Waals surface area contributed by atoms with Crippen LogP contribution in [0.1, 0.15) is 29.8 Å². The molecule has 1 saturated heterocycles. The van der Waals surface area contributed by atoms with Crippen LogP contribution in [-0.2, 0) is 11.3 Å². The Balaban J connectivity index is 1.60. The molecule has 0 N–H and O–H groups in total. The highest BCUT2D eigenvalue weighted by Crippen LogP contribution is 2.22. The molecule has 2 heterocycles. The van der Waals surface area contributed by atoms with Crippen LogP contribution in [0.15, 0.2) is 30.5 Å². The van der Waals surface area contributed by atoms with Gasteiger partial charge in [0.2, 0.25) is 5.91 Å². The Kier molecular flexibility index (Phi) is 5.55. The van der Waals surface area contributed by atoms with Crippen LogP contribution in [0.4, 0.5) is 5.69 Å². The molecule has 8 nitrogen and oxygen atoms in total. The standard InChI is InChI=1S/C19H25N5O3/c1-14-6-4-5-7-17(14)13-21-8-10-22(11-9-21)19(25)16(3)23-15(2)18(12-20-23)24(26)27/h4-7,12,16H,8-11,13H2,1-3H3. The summed E-state index contributed by atoms with van der Waals surface area (Å²) in [5.41, 5.74) is 2.93. The van der Waals surface area contributed by atoms with E-state index in [9.17, 15) is 14.9 Å². The van der Waals surface area contributed by atoms with Gasteiger partial charge in [-0.3, -0.25) is 24.5 Å². The molecule has 0 radical (unpaired) electrons. The highest BCUT2D eigenvalue weighted by Gasteiger charge is 2.29. The molecule has 1 fully saturated rings. The lowest BCUT2D eigenvalue weighted by Gasteiger charge is -2.36. The van der Waals surface area contributed by atoms with Gasteiger partial charge in [0.25, 0.3) is 0 Å². The number of aryl methyl sites for hydroxylation is 1. The molecule has 144 valence electrons. The van der Waals surface area contributed by atoms with Crippen molar-refractivity contribution < 1.29 is 9.72 Å². The maximum absolute atomic E-state index is 12.8. The third kappa shape index (κ3) is 4.00. The third-order valence-corrected chi connectivity index (χ3v) is 5.28. The van der Waals surface area contributed by atoms with Crippen LogP contribution in [0.2, 0.25) is 0 Å². The summed E-state index contributed by atoms with van der Waals surface area (Å²) in [6.45, 7) is 9.28. The number of hydrogen-bond donors (Lipinski definition) is 0. The first-order valence-electron chi connectivity index (χ1n) is 9.12. The van der Waals surface area contributed by atoms with E-state index < -0.39 is 11.0 Å². The molecule has 0 bridgehead atoms. The molecule has 1 atom stereocenters. The van der Waals surface area contributed by atoms with Gasteiger partial charge in [-0.25, -0.2) is 0 Å². The predicted molar refractivity (Wildman–Crippen MR) is 101 cm³/mol. The van der Waals surface area contributed by atoms with Crippen molar-refractivity contribution in [1.82, 2.24) is 19.6 Å². The number of nitro groups is 1. The molecule has 3 rings (SSSR count). The molecule has 1 aliphatic heterocycles. The van der Waals surface area contributed by atoms with Crippen LogP contribution in [0, 0.1) is 24.0 Å². The van der Waals surface area contributed by atoms with Crippen molar-refractivity contribution in [2.24, 2.45) is 0 Å². The Morgan fingerprint density at radius 2 is 1.89 bits per heavy atom. The lowest BCUT2D eigenvalue weighted by Crippen LogP contribution is -2.50. The molecule has 0 spiro atoms. The number of aromatic nitrogens is 2. The van der Waals surface area contributed by atoms with Gasteiger partial charge in [0.1, 0.15) is 17.9 Å². The van der Waals surface area contributed by atoms with Gasteiger partial charge >= 0.3 is 5.69 Å². The lowest BCUT2D eigenvalue weighted by atomic mass is 10.1. The number of carbonyl (C=O) groups excluding carboxylic acids is 1. The van der Waals surface area contributed by atoms with Crippen molar-refractivity contribution in [3.8, 4) is 0 Å². The number of hydrogen-bond acceptors (Lipinski definition) is 5. The fraction of sp³-hybridized carbons (Fsp3) is 0.474. The second-order valence-electron chi connectivity index (χ2n) is 7.02. The van der Waals surface area contributed by atoms with E-state index in [1.807, 2.05) is 11.0 Å². The molecule has 1 aromatic heterocycles. The number of nitrogens with zero attached hydrogens (tertiary/aromatic N) is 5. The minimum absolute atomic E-state index is 0.0494. The van der Waals surface area contributed by atoms with Gasteiger partial charge in [-0.2, -0.15) is 5.10 Å². The summed E-state index contributed by atoms with van der Waals surface area (Å²) in [7, 11) is 0. The first-order valence-corrected chi connectivity index (χ1v) is 9.12. The van der Waals surface area contributed by atoms with E-state index in [1.54, 1.807) is 13.8 Å². The van der Waals surface area contributed by atoms with Crippen molar-refractivity contribution >= 4 is 11.6 Å². The number of rotatable bonds is 5. The summed E-state index contributed by atoms with van der Waals surface area (Å²) in [6.07, 6.45) is 1.21. The summed E-state index contributed by atoms with van der Waals surface area (Å²) < 4.78 is 1.44. The summed E-state index contributed by atoms with van der Waals surface area (Å²) in [4.78, 5) is 27.5. The Morgan fingerprint density at radius 3 is 2.48 bits per heavy atom. The Bertz CT molecular complexity index is 840. The van der Waals surface area contributed by atoms with Gasteiger partial charge in [-0.05, 0) is 31.9 Å². The monoisotopic (exact) mass is 371 g/mol. The van der Waals surface area contributed by atoms with Crippen LogP contribution < -0.4 is 0 Å². The highest BCUT2D eigenvalue weighted by atomic mass is 16.6. The molecule has 1 amide bonds. The second-order valence-corrected chi connectivity index (χ2v) is 7.02. The van der Waals surface area contributed by atoms with E-state index in [0.29, 0.717) is 18.8 Å². The van der Waals surface area contributed by atoms with Gasteiger partial charge in [0.15, 0.2) is 0 Å². The molecule has 0 aliphatic carbocycles. The molecule has 2 aromatic rings. The van der Waals surface area contributed by atoms with Crippen LogP contribution in [-0.4, -0.2) is 56.6 Å². The first-order chi connectivity index (χ1) is 12.9. The van der Waals surface area contributed by atoms with Crippen molar-refractivity contribution in [2.75, 3.05) is 26.2 Å². The fourth-order valence-corrected chi connectivity index (χ4v) is 3.51. The van der Waals surface area contributed by atoms with Crippen LogP contribution in [0.3, 0.4) is 0 Å². The largest absolute Gasteiger partial charge is 0.338 e. The minimum atomic E-state index is -0.554. The molecule has 1 unspecified atom stereocenters. The van der Waals surface area contributed by atoms with E-state index in [0.717, 1.165) is 19.6 Å². The average Bonchev–Trinajstić information content (AvgIpc) is 3.05. The van der Waals surface area contributed by atoms with Crippen LogP contribution in [0.5, 0.6) is 0 Å². The van der Waals surface area contributed by atoms with Gasteiger partial charge in [-0.1, -0.05) is 24.3 Å². The van der Waals surface area contributed by atoms with Crippen molar-refractivity contribution in [1.29, 1.82) is 0 Å². The van der Waals surface area contributed by atoms with E-state index in [4.69, 9.17) is 0 Å². The number of carbonyl (C=O) groups is 1. The Morgan fingerprint density at radius 1 is 1.22 bits per heavy atom. The summed E-state index contributed by atoms with van der Waals surface area (Å²) in [6, 6.07) is 7.79. The van der Waals surface area contributed by atoms with Gasteiger partial charge < -0.3 is 4.90 Å². The molecule has 27 heavy (non-hydrogen) atoms. The van der Waals surface area contributed by atoms with Crippen molar-refractivity contribution in [2.45, 2.75) is 33.4 Å². The first kappa shape index (κ1) is 19.0. The molecule has 1 aromatic carbocycles. The van der Waals surface area contributed by atoms with Gasteiger partial charge in [-0.15, -0.1) is 0 Å². The summed E-state index contributed by atoms with van der Waals surface area (Å²) >= 11 is 0. The zero-order chi connectivity index (χ0) is 19.6. The molecular formula is C19H25N5O3. The SMILES string of the molecule is Cc1ccccc1CN1CCN(C(=O)C(C)n2ncc([N+](=O)[O-])c2C)CC1. The second kappa shape index (κ2) is 7.87. The van der Waals surface area contributed by atoms with E-state index in [2.05, 4.69) is 35.1 Å². The van der Waals surface area contributed by atoms with E-state index >= 15 is 0 Å². The quantitative estimate of drug-likeness (QED) is 0.595.